The number of anilines is 3. The van der Waals surface area contributed by atoms with Crippen molar-refractivity contribution in [2.24, 2.45) is 5.92 Å². The SMILES string of the molecule is CN(C(=O)c1cc(NC(=O)C2CC2(Cl)Cl)ccc1Cl)c1ccc(F)c(NC(=O)C(F)(F)F)c1F. The highest BCUT2D eigenvalue weighted by atomic mass is 35.5. The minimum atomic E-state index is -5.40. The third-order valence-electron chi connectivity index (χ3n) is 4.84. The Morgan fingerprint density at radius 1 is 1.09 bits per heavy atom. The molecule has 1 saturated carbocycles. The molecule has 0 bridgehead atoms. The molecule has 3 amide bonds. The summed E-state index contributed by atoms with van der Waals surface area (Å²) in [6.07, 6.45) is -5.16. The molecule has 0 saturated heterocycles. The molecule has 0 aliphatic heterocycles. The summed E-state index contributed by atoms with van der Waals surface area (Å²) in [7, 11) is 1.05. The molecule has 2 N–H and O–H groups in total. The molecule has 3 rings (SSSR count). The zero-order chi connectivity index (χ0) is 25.6. The number of alkyl halides is 5. The number of benzene rings is 2. The van der Waals surface area contributed by atoms with Gasteiger partial charge in [-0.3, -0.25) is 14.4 Å². The van der Waals surface area contributed by atoms with Gasteiger partial charge in [-0.15, -0.1) is 23.2 Å². The maximum Gasteiger partial charge on any atom is 0.471 e. The van der Waals surface area contributed by atoms with Crippen molar-refractivity contribution in [2.75, 3.05) is 22.6 Å². The number of carbonyl (C=O) groups is 3. The molecule has 182 valence electrons. The zero-order valence-electron chi connectivity index (χ0n) is 16.9. The van der Waals surface area contributed by atoms with E-state index in [9.17, 15) is 36.3 Å². The molecule has 2 aromatic rings. The van der Waals surface area contributed by atoms with E-state index in [0.717, 1.165) is 18.4 Å². The van der Waals surface area contributed by atoms with E-state index >= 15 is 0 Å². The predicted molar refractivity (Wildman–Crippen MR) is 116 cm³/mol. The average molecular weight is 545 g/mol. The Morgan fingerprint density at radius 3 is 2.26 bits per heavy atom. The molecule has 1 atom stereocenters. The highest BCUT2D eigenvalue weighted by Crippen LogP contribution is 2.53. The van der Waals surface area contributed by atoms with E-state index in [1.54, 1.807) is 0 Å². The van der Waals surface area contributed by atoms with Gasteiger partial charge in [0.05, 0.1) is 22.2 Å². The summed E-state index contributed by atoms with van der Waals surface area (Å²) in [5.74, 6) is -7.83. The Bertz CT molecular complexity index is 1190. The van der Waals surface area contributed by atoms with Crippen LogP contribution in [0.25, 0.3) is 0 Å². The molecular weight excluding hydrogens is 532 g/mol. The largest absolute Gasteiger partial charge is 0.471 e. The van der Waals surface area contributed by atoms with E-state index in [1.807, 2.05) is 0 Å². The second-order valence-corrected chi connectivity index (χ2v) is 9.22. The molecule has 0 heterocycles. The fourth-order valence-corrected chi connectivity index (χ4v) is 3.59. The average Bonchev–Trinajstić information content (AvgIpc) is 3.39. The van der Waals surface area contributed by atoms with Crippen molar-refractivity contribution in [1.29, 1.82) is 0 Å². The molecule has 0 aromatic heterocycles. The molecule has 14 heteroatoms. The van der Waals surface area contributed by atoms with Crippen LogP contribution in [0.4, 0.5) is 39.0 Å². The third kappa shape index (κ3) is 5.37. The first-order valence-corrected chi connectivity index (χ1v) is 10.4. The smallest absolute Gasteiger partial charge is 0.326 e. The Labute approximate surface area is 203 Å². The van der Waals surface area contributed by atoms with Crippen LogP contribution < -0.4 is 15.5 Å². The fourth-order valence-electron chi connectivity index (χ4n) is 2.88. The minimum Gasteiger partial charge on any atom is -0.326 e. The zero-order valence-corrected chi connectivity index (χ0v) is 19.1. The maximum atomic E-state index is 14.8. The number of hydrogen-bond acceptors (Lipinski definition) is 3. The second-order valence-electron chi connectivity index (χ2n) is 7.27. The lowest BCUT2D eigenvalue weighted by molar-refractivity contribution is -0.167. The Balaban J connectivity index is 1.87. The lowest BCUT2D eigenvalue weighted by Gasteiger charge is -2.21. The summed E-state index contributed by atoms with van der Waals surface area (Å²) in [6.45, 7) is 0. The first kappa shape index (κ1) is 26.0. The Kier molecular flexibility index (Phi) is 7.03. The van der Waals surface area contributed by atoms with Crippen LogP contribution in [0.2, 0.25) is 5.02 Å². The van der Waals surface area contributed by atoms with Crippen LogP contribution in [-0.4, -0.2) is 35.3 Å². The van der Waals surface area contributed by atoms with Gasteiger partial charge in [0.1, 0.15) is 15.8 Å². The van der Waals surface area contributed by atoms with Crippen LogP contribution in [0.15, 0.2) is 30.3 Å². The number of nitrogens with zero attached hydrogens (tertiary/aromatic N) is 1. The molecule has 1 fully saturated rings. The summed E-state index contributed by atoms with van der Waals surface area (Å²) in [4.78, 5) is 36.9. The van der Waals surface area contributed by atoms with Crippen molar-refractivity contribution in [1.82, 2.24) is 0 Å². The molecular formula is C20H13Cl3F5N3O3. The van der Waals surface area contributed by atoms with Gasteiger partial charge in [-0.1, -0.05) is 11.6 Å². The van der Waals surface area contributed by atoms with Crippen LogP contribution in [-0.2, 0) is 9.59 Å². The standard InChI is InChI=1S/C20H13Cl3F5N3O3/c1-31(13-5-4-12(24)15(14(13)25)30-18(34)20(26,27)28)17(33)9-6-8(2-3-11(9)21)29-16(32)10-7-19(10,22)23/h2-6,10H,7H2,1H3,(H,29,32)(H,30,34). The minimum absolute atomic E-state index is 0.0987. The molecule has 0 radical (unpaired) electrons. The van der Waals surface area contributed by atoms with Crippen molar-refractivity contribution >= 4 is 69.6 Å². The van der Waals surface area contributed by atoms with Gasteiger partial charge >= 0.3 is 12.1 Å². The lowest BCUT2D eigenvalue weighted by Crippen LogP contribution is -2.32. The first-order valence-electron chi connectivity index (χ1n) is 9.26. The Morgan fingerprint density at radius 2 is 1.71 bits per heavy atom. The fraction of sp³-hybridized carbons (Fsp3) is 0.250. The van der Waals surface area contributed by atoms with Crippen LogP contribution in [0.3, 0.4) is 0 Å². The van der Waals surface area contributed by atoms with Gasteiger partial charge in [0, 0.05) is 12.7 Å². The van der Waals surface area contributed by atoms with Crippen molar-refractivity contribution in [3.8, 4) is 0 Å². The maximum absolute atomic E-state index is 14.8. The third-order valence-corrected chi connectivity index (χ3v) is 6.00. The predicted octanol–water partition coefficient (Wildman–Crippen LogP) is 5.53. The highest BCUT2D eigenvalue weighted by Gasteiger charge is 2.56. The van der Waals surface area contributed by atoms with E-state index < -0.39 is 57.2 Å². The summed E-state index contributed by atoms with van der Waals surface area (Å²) in [5.41, 5.74) is -2.12. The van der Waals surface area contributed by atoms with Gasteiger partial charge in [-0.25, -0.2) is 8.78 Å². The summed E-state index contributed by atoms with van der Waals surface area (Å²) >= 11 is 17.8. The monoisotopic (exact) mass is 543 g/mol. The Hall–Kier alpha value is -2.63. The van der Waals surface area contributed by atoms with E-state index in [-0.39, 0.29) is 22.7 Å². The van der Waals surface area contributed by atoms with Crippen LogP contribution in [0, 0.1) is 17.6 Å². The molecule has 0 spiro atoms. The highest BCUT2D eigenvalue weighted by molar-refractivity contribution is 6.52. The van der Waals surface area contributed by atoms with E-state index in [4.69, 9.17) is 34.8 Å². The summed E-state index contributed by atoms with van der Waals surface area (Å²) in [5, 5.41) is 3.52. The number of halogens is 8. The van der Waals surface area contributed by atoms with E-state index in [0.29, 0.717) is 11.0 Å². The second kappa shape index (κ2) is 9.20. The van der Waals surface area contributed by atoms with Gasteiger partial charge in [0.25, 0.3) is 5.91 Å². The topological polar surface area (TPSA) is 78.5 Å². The van der Waals surface area contributed by atoms with E-state index in [1.165, 1.54) is 18.2 Å². The van der Waals surface area contributed by atoms with E-state index in [2.05, 4.69) is 5.32 Å². The number of carbonyl (C=O) groups excluding carboxylic acids is 3. The summed E-state index contributed by atoms with van der Waals surface area (Å²) < 4.78 is 65.0. The molecule has 2 aromatic carbocycles. The lowest BCUT2D eigenvalue weighted by atomic mass is 10.1. The van der Waals surface area contributed by atoms with Crippen molar-refractivity contribution in [3.05, 3.63) is 52.6 Å². The van der Waals surface area contributed by atoms with Gasteiger partial charge < -0.3 is 15.5 Å². The molecule has 1 aliphatic carbocycles. The number of amides is 3. The van der Waals surface area contributed by atoms with Crippen LogP contribution in [0.5, 0.6) is 0 Å². The van der Waals surface area contributed by atoms with Crippen molar-refractivity contribution < 1.29 is 36.3 Å². The molecule has 34 heavy (non-hydrogen) atoms. The first-order chi connectivity index (χ1) is 15.6. The number of rotatable bonds is 5. The molecule has 6 nitrogen and oxygen atoms in total. The van der Waals surface area contributed by atoms with Crippen molar-refractivity contribution in [2.45, 2.75) is 16.9 Å². The normalized spacial score (nSPS) is 16.6. The quantitative estimate of drug-likeness (QED) is 0.384. The van der Waals surface area contributed by atoms with Gasteiger partial charge in [0.2, 0.25) is 5.91 Å². The summed E-state index contributed by atoms with van der Waals surface area (Å²) in [6, 6.07) is 5.20. The van der Waals surface area contributed by atoms with Gasteiger partial charge in [-0.05, 0) is 36.8 Å². The molecule has 1 unspecified atom stereocenters. The van der Waals surface area contributed by atoms with Crippen LogP contribution >= 0.6 is 34.8 Å². The molecule has 1 aliphatic rings. The number of hydrogen-bond donors (Lipinski definition) is 2. The van der Waals surface area contributed by atoms with Gasteiger partial charge in [-0.2, -0.15) is 13.2 Å². The number of nitrogens with one attached hydrogen (secondary N) is 2. The van der Waals surface area contributed by atoms with Crippen molar-refractivity contribution in [3.63, 3.8) is 0 Å². The van der Waals surface area contributed by atoms with Gasteiger partial charge in [0.15, 0.2) is 5.82 Å². The van der Waals surface area contributed by atoms with Crippen LogP contribution in [0.1, 0.15) is 16.8 Å².